The van der Waals surface area contributed by atoms with Crippen LogP contribution in [0.5, 0.6) is 11.5 Å². The van der Waals surface area contributed by atoms with Gasteiger partial charge in [-0.1, -0.05) is 35.8 Å². The van der Waals surface area contributed by atoms with Gasteiger partial charge in [-0.05, 0) is 116 Å². The van der Waals surface area contributed by atoms with Crippen molar-refractivity contribution in [3.63, 3.8) is 0 Å². The summed E-state index contributed by atoms with van der Waals surface area (Å²) in [5.41, 5.74) is 36.7. The number of hydrogen-bond donors (Lipinski definition) is 6. The molecule has 0 fully saturated rings. The van der Waals surface area contributed by atoms with Crippen LogP contribution in [0.1, 0.15) is 116 Å². The van der Waals surface area contributed by atoms with Crippen LogP contribution in [0.4, 0.5) is 0 Å². The summed E-state index contributed by atoms with van der Waals surface area (Å²) in [5, 5.41) is 25.1. The van der Waals surface area contributed by atoms with Crippen LogP contribution in [0.2, 0.25) is 0 Å². The zero-order chi connectivity index (χ0) is 30.4. The summed E-state index contributed by atoms with van der Waals surface area (Å²) in [5.74, 6) is -0.180. The SMILES string of the molecule is CC(C)(N)c1cc(C(C)(C)N)c([O-])c(C(C)(C)N)c1.CC(C)(N)c1cc(C(C)(C)N)c([O-])c(C(C)(C)N)c1.[Zn+2]. The molecule has 0 saturated carbocycles. The molecular formula is C30H52N6O2Zn. The first-order valence-electron chi connectivity index (χ1n) is 12.9. The van der Waals surface area contributed by atoms with Gasteiger partial charge in [0.05, 0.1) is 0 Å². The van der Waals surface area contributed by atoms with E-state index in [-0.39, 0.29) is 31.0 Å². The maximum Gasteiger partial charge on any atom is 2.00 e. The van der Waals surface area contributed by atoms with Crippen LogP contribution in [0.15, 0.2) is 24.3 Å². The molecule has 0 bridgehead atoms. The molecule has 0 heterocycles. The molecule has 0 amide bonds. The van der Waals surface area contributed by atoms with Crippen molar-refractivity contribution in [1.29, 1.82) is 0 Å². The molecule has 0 aromatic heterocycles. The second-order valence-corrected chi connectivity index (χ2v) is 14.1. The quantitative estimate of drug-likeness (QED) is 0.274. The molecule has 12 N–H and O–H groups in total. The average molecular weight is 594 g/mol. The topological polar surface area (TPSA) is 202 Å². The van der Waals surface area contributed by atoms with Gasteiger partial charge in [0.2, 0.25) is 0 Å². The minimum atomic E-state index is -0.724. The van der Waals surface area contributed by atoms with E-state index in [1.54, 1.807) is 24.3 Å². The molecule has 216 valence electrons. The molecule has 0 unspecified atom stereocenters. The van der Waals surface area contributed by atoms with Gasteiger partial charge in [-0.15, -0.1) is 0 Å². The van der Waals surface area contributed by atoms with Gasteiger partial charge in [-0.3, -0.25) is 0 Å². The van der Waals surface area contributed by atoms with Crippen LogP contribution >= 0.6 is 0 Å². The fraction of sp³-hybridized carbons (Fsp3) is 0.600. The Kier molecular flexibility index (Phi) is 11.3. The minimum absolute atomic E-state index is 0. The summed E-state index contributed by atoms with van der Waals surface area (Å²) in [7, 11) is 0. The Bertz CT molecular complexity index is 975. The Balaban J connectivity index is 0.000000722. The Morgan fingerprint density at radius 1 is 0.385 bits per heavy atom. The molecule has 39 heavy (non-hydrogen) atoms. The van der Waals surface area contributed by atoms with E-state index in [0.29, 0.717) is 22.3 Å². The summed E-state index contributed by atoms with van der Waals surface area (Å²) < 4.78 is 0. The fourth-order valence-electron chi connectivity index (χ4n) is 3.92. The first-order valence-corrected chi connectivity index (χ1v) is 12.9. The molecule has 0 spiro atoms. The van der Waals surface area contributed by atoms with Crippen molar-refractivity contribution in [2.45, 2.75) is 116 Å². The van der Waals surface area contributed by atoms with E-state index < -0.39 is 33.2 Å². The van der Waals surface area contributed by atoms with E-state index >= 15 is 0 Å². The molecule has 0 atom stereocenters. The van der Waals surface area contributed by atoms with Crippen molar-refractivity contribution >= 4 is 0 Å². The van der Waals surface area contributed by atoms with Gasteiger partial charge < -0.3 is 44.6 Å². The second kappa shape index (κ2) is 11.7. The van der Waals surface area contributed by atoms with E-state index in [4.69, 9.17) is 34.4 Å². The van der Waals surface area contributed by atoms with Crippen molar-refractivity contribution in [3.05, 3.63) is 57.6 Å². The summed E-state index contributed by atoms with van der Waals surface area (Å²) >= 11 is 0. The molecule has 8 nitrogen and oxygen atoms in total. The van der Waals surface area contributed by atoms with Gasteiger partial charge in [-0.2, -0.15) is 0 Å². The Morgan fingerprint density at radius 2 is 0.538 bits per heavy atom. The van der Waals surface area contributed by atoms with Gasteiger partial charge in [0.15, 0.2) is 0 Å². The number of benzene rings is 2. The molecular weight excluding hydrogens is 542 g/mol. The van der Waals surface area contributed by atoms with Crippen molar-refractivity contribution in [2.24, 2.45) is 34.4 Å². The van der Waals surface area contributed by atoms with Gasteiger partial charge in [0, 0.05) is 33.2 Å². The van der Waals surface area contributed by atoms with Crippen LogP contribution in [0, 0.1) is 0 Å². The number of rotatable bonds is 6. The van der Waals surface area contributed by atoms with Crippen molar-refractivity contribution in [3.8, 4) is 11.5 Å². The van der Waals surface area contributed by atoms with Crippen LogP contribution < -0.4 is 44.6 Å². The Hall–Kier alpha value is -1.58. The molecule has 0 aliphatic heterocycles. The fourth-order valence-corrected chi connectivity index (χ4v) is 3.92. The van der Waals surface area contributed by atoms with E-state index in [2.05, 4.69) is 0 Å². The first kappa shape index (κ1) is 37.4. The first-order chi connectivity index (χ1) is 16.5. The van der Waals surface area contributed by atoms with E-state index in [1.807, 2.05) is 83.1 Å². The molecule has 0 saturated heterocycles. The third kappa shape index (κ3) is 9.78. The van der Waals surface area contributed by atoms with Crippen molar-refractivity contribution in [1.82, 2.24) is 0 Å². The molecule has 0 aliphatic rings. The standard InChI is InChI=1S/2C15H27N3O.Zn/c2*1-13(2,16)9-7-10(14(3,4)17)12(19)11(8-9)15(5,6)18;/h2*7-8,19H,16-18H2,1-6H3;/q;;+2/p-2. The van der Waals surface area contributed by atoms with Gasteiger partial charge in [0.25, 0.3) is 0 Å². The zero-order valence-electron chi connectivity index (χ0n) is 26.3. The smallest absolute Gasteiger partial charge is 0.872 e. The van der Waals surface area contributed by atoms with Gasteiger partial charge >= 0.3 is 19.5 Å². The summed E-state index contributed by atoms with van der Waals surface area (Å²) in [6, 6.07) is 7.21. The van der Waals surface area contributed by atoms with Gasteiger partial charge in [0.1, 0.15) is 0 Å². The maximum atomic E-state index is 12.5. The average Bonchev–Trinajstić information content (AvgIpc) is 2.63. The summed E-state index contributed by atoms with van der Waals surface area (Å²) in [6.07, 6.45) is 0. The maximum absolute atomic E-state index is 12.5. The minimum Gasteiger partial charge on any atom is -0.872 e. The summed E-state index contributed by atoms with van der Waals surface area (Å²) in [6.45, 7) is 22.1. The number of nitrogens with two attached hydrogens (primary N) is 6. The predicted molar refractivity (Wildman–Crippen MR) is 155 cm³/mol. The van der Waals surface area contributed by atoms with E-state index in [1.165, 1.54) is 0 Å². The predicted octanol–water partition coefficient (Wildman–Crippen LogP) is 2.68. The van der Waals surface area contributed by atoms with E-state index in [0.717, 1.165) is 11.1 Å². The molecule has 9 heteroatoms. The van der Waals surface area contributed by atoms with Crippen molar-refractivity contribution in [2.75, 3.05) is 0 Å². The largest absolute Gasteiger partial charge is 2.00 e. The monoisotopic (exact) mass is 592 g/mol. The Morgan fingerprint density at radius 3 is 0.641 bits per heavy atom. The van der Waals surface area contributed by atoms with Crippen LogP contribution in [0.3, 0.4) is 0 Å². The third-order valence-electron chi connectivity index (χ3n) is 6.44. The molecule has 0 radical (unpaired) electrons. The second-order valence-electron chi connectivity index (χ2n) is 14.1. The van der Waals surface area contributed by atoms with Crippen molar-refractivity contribution < 1.29 is 29.7 Å². The Labute approximate surface area is 249 Å². The third-order valence-corrected chi connectivity index (χ3v) is 6.44. The summed E-state index contributed by atoms with van der Waals surface area (Å²) in [4.78, 5) is 0. The van der Waals surface area contributed by atoms with E-state index in [9.17, 15) is 10.2 Å². The normalized spacial score (nSPS) is 13.4. The number of hydrogen-bond acceptors (Lipinski definition) is 8. The molecule has 0 aliphatic carbocycles. The zero-order valence-corrected chi connectivity index (χ0v) is 29.3. The van der Waals surface area contributed by atoms with Crippen LogP contribution in [-0.4, -0.2) is 0 Å². The van der Waals surface area contributed by atoms with Gasteiger partial charge in [-0.25, -0.2) is 0 Å². The van der Waals surface area contributed by atoms with Crippen LogP contribution in [-0.2, 0) is 52.7 Å². The molecule has 2 rings (SSSR count). The van der Waals surface area contributed by atoms with Crippen LogP contribution in [0.25, 0.3) is 0 Å². The molecule has 2 aromatic rings. The molecule has 2 aromatic carbocycles.